The summed E-state index contributed by atoms with van der Waals surface area (Å²) in [6, 6.07) is 26.4. The van der Waals surface area contributed by atoms with Crippen LogP contribution in [-0.2, 0) is 15.1 Å². The largest absolute Gasteiger partial charge is 0.462 e. The summed E-state index contributed by atoms with van der Waals surface area (Å²) in [5.41, 5.74) is 1.21. The van der Waals surface area contributed by atoms with Crippen LogP contribution in [0.15, 0.2) is 84.9 Å². The van der Waals surface area contributed by atoms with Crippen molar-refractivity contribution >= 4 is 5.97 Å². The number of rotatable bonds is 9. The summed E-state index contributed by atoms with van der Waals surface area (Å²) >= 11 is 0. The van der Waals surface area contributed by atoms with Crippen LogP contribution < -0.4 is 0 Å². The van der Waals surface area contributed by atoms with E-state index in [1.165, 1.54) is 0 Å². The molecule has 156 valence electrons. The SMILES string of the molecule is CCN(CC)CCOC(=O)C(O)(c1ccccc1)c1ccc(-c2ccccc2)cc1. The molecule has 3 rings (SSSR count). The van der Waals surface area contributed by atoms with E-state index in [1.54, 1.807) is 24.3 Å². The summed E-state index contributed by atoms with van der Waals surface area (Å²) in [6.45, 7) is 6.78. The van der Waals surface area contributed by atoms with E-state index >= 15 is 0 Å². The molecule has 0 aliphatic heterocycles. The second kappa shape index (κ2) is 10.2. The number of benzene rings is 3. The predicted octanol–water partition coefficient (Wildman–Crippen LogP) is 4.47. The molecule has 30 heavy (non-hydrogen) atoms. The van der Waals surface area contributed by atoms with E-state index in [4.69, 9.17) is 4.74 Å². The van der Waals surface area contributed by atoms with E-state index < -0.39 is 11.6 Å². The van der Waals surface area contributed by atoms with Gasteiger partial charge in [-0.1, -0.05) is 98.8 Å². The summed E-state index contributed by atoms with van der Waals surface area (Å²) in [6.07, 6.45) is 0. The van der Waals surface area contributed by atoms with E-state index in [-0.39, 0.29) is 6.61 Å². The molecule has 0 aliphatic carbocycles. The molecule has 0 aromatic heterocycles. The molecule has 0 spiro atoms. The Morgan fingerprint density at radius 3 is 1.87 bits per heavy atom. The van der Waals surface area contributed by atoms with Crippen molar-refractivity contribution in [1.29, 1.82) is 0 Å². The van der Waals surface area contributed by atoms with Crippen LogP contribution in [0.4, 0.5) is 0 Å². The van der Waals surface area contributed by atoms with Gasteiger partial charge < -0.3 is 14.7 Å². The molecule has 3 aromatic rings. The Bertz CT molecular complexity index is 922. The third-order valence-corrected chi connectivity index (χ3v) is 5.43. The Hall–Kier alpha value is -2.95. The van der Waals surface area contributed by atoms with Crippen molar-refractivity contribution in [2.45, 2.75) is 19.4 Å². The van der Waals surface area contributed by atoms with Crippen molar-refractivity contribution in [3.05, 3.63) is 96.1 Å². The number of likely N-dealkylation sites (N-methyl/N-ethyl adjacent to an activating group) is 1. The van der Waals surface area contributed by atoms with Crippen LogP contribution in [0.2, 0.25) is 0 Å². The summed E-state index contributed by atoms with van der Waals surface area (Å²) < 4.78 is 5.53. The predicted molar refractivity (Wildman–Crippen MR) is 120 cm³/mol. The third-order valence-electron chi connectivity index (χ3n) is 5.43. The second-order valence-corrected chi connectivity index (χ2v) is 7.18. The van der Waals surface area contributed by atoms with Crippen molar-refractivity contribution in [3.63, 3.8) is 0 Å². The first kappa shape index (κ1) is 21.8. The Labute approximate surface area is 178 Å². The molecule has 0 aliphatic rings. The van der Waals surface area contributed by atoms with Gasteiger partial charge in [0, 0.05) is 6.54 Å². The number of esters is 1. The van der Waals surface area contributed by atoms with E-state index in [0.717, 1.165) is 24.2 Å². The lowest BCUT2D eigenvalue weighted by Crippen LogP contribution is -2.40. The topological polar surface area (TPSA) is 49.8 Å². The first-order chi connectivity index (χ1) is 14.6. The number of carbonyl (C=O) groups excluding carboxylic acids is 1. The van der Waals surface area contributed by atoms with Gasteiger partial charge in [0.25, 0.3) is 0 Å². The zero-order valence-electron chi connectivity index (χ0n) is 17.6. The monoisotopic (exact) mass is 403 g/mol. The van der Waals surface area contributed by atoms with Gasteiger partial charge in [-0.3, -0.25) is 0 Å². The fraction of sp³-hybridized carbons (Fsp3) is 0.269. The van der Waals surface area contributed by atoms with Crippen LogP contribution in [0.25, 0.3) is 11.1 Å². The molecule has 3 aromatic carbocycles. The molecular weight excluding hydrogens is 374 g/mol. The highest BCUT2D eigenvalue weighted by atomic mass is 16.5. The van der Waals surface area contributed by atoms with Gasteiger partial charge in [-0.25, -0.2) is 4.79 Å². The Kier molecular flexibility index (Phi) is 7.39. The van der Waals surface area contributed by atoms with Crippen LogP contribution in [0, 0.1) is 0 Å². The van der Waals surface area contributed by atoms with Gasteiger partial charge in [0.1, 0.15) is 6.61 Å². The molecule has 0 saturated heterocycles. The highest BCUT2D eigenvalue weighted by Crippen LogP contribution is 2.32. The highest BCUT2D eigenvalue weighted by molar-refractivity contribution is 5.85. The van der Waals surface area contributed by atoms with Crippen molar-refractivity contribution in [2.24, 2.45) is 0 Å². The van der Waals surface area contributed by atoms with Crippen molar-refractivity contribution in [2.75, 3.05) is 26.2 Å². The summed E-state index contributed by atoms with van der Waals surface area (Å²) in [5, 5.41) is 11.6. The number of carbonyl (C=O) groups is 1. The summed E-state index contributed by atoms with van der Waals surface area (Å²) in [5.74, 6) is -0.659. The third kappa shape index (κ3) is 4.78. The van der Waals surface area contributed by atoms with E-state index in [9.17, 15) is 9.90 Å². The highest BCUT2D eigenvalue weighted by Gasteiger charge is 2.41. The summed E-state index contributed by atoms with van der Waals surface area (Å²) in [7, 11) is 0. The van der Waals surface area contributed by atoms with Gasteiger partial charge in [0.2, 0.25) is 5.60 Å². The summed E-state index contributed by atoms with van der Waals surface area (Å²) in [4.78, 5) is 15.3. The number of aliphatic hydroxyl groups is 1. The maximum atomic E-state index is 13.1. The Morgan fingerprint density at radius 1 is 0.800 bits per heavy atom. The zero-order chi connectivity index (χ0) is 21.4. The normalized spacial score (nSPS) is 13.1. The minimum atomic E-state index is -1.86. The van der Waals surface area contributed by atoms with Crippen LogP contribution in [0.1, 0.15) is 25.0 Å². The first-order valence-corrected chi connectivity index (χ1v) is 10.4. The minimum absolute atomic E-state index is 0.234. The molecule has 0 heterocycles. The standard InChI is InChI=1S/C26H29NO3/c1-3-27(4-2)19-20-30-25(28)26(29,23-13-9-6-10-14-23)24-17-15-22(16-18-24)21-11-7-5-8-12-21/h5-18,29H,3-4,19-20H2,1-2H3. The molecule has 0 bridgehead atoms. The second-order valence-electron chi connectivity index (χ2n) is 7.18. The molecule has 1 unspecified atom stereocenters. The lowest BCUT2D eigenvalue weighted by molar-refractivity contribution is -0.162. The number of nitrogens with zero attached hydrogens (tertiary/aromatic N) is 1. The molecular formula is C26H29NO3. The molecule has 1 N–H and O–H groups in total. The van der Waals surface area contributed by atoms with E-state index in [2.05, 4.69) is 18.7 Å². The van der Waals surface area contributed by atoms with Gasteiger partial charge in [-0.15, -0.1) is 0 Å². The minimum Gasteiger partial charge on any atom is -0.462 e. The van der Waals surface area contributed by atoms with Crippen LogP contribution >= 0.6 is 0 Å². The lowest BCUT2D eigenvalue weighted by Gasteiger charge is -2.28. The molecule has 4 heteroatoms. The average molecular weight is 404 g/mol. The quantitative estimate of drug-likeness (QED) is 0.536. The van der Waals surface area contributed by atoms with Gasteiger partial charge >= 0.3 is 5.97 Å². The molecule has 0 saturated carbocycles. The fourth-order valence-corrected chi connectivity index (χ4v) is 3.53. The average Bonchev–Trinajstić information content (AvgIpc) is 2.82. The van der Waals surface area contributed by atoms with Gasteiger partial charge in [0.05, 0.1) is 0 Å². The van der Waals surface area contributed by atoms with Crippen LogP contribution in [-0.4, -0.2) is 42.2 Å². The maximum Gasteiger partial charge on any atom is 0.347 e. The first-order valence-electron chi connectivity index (χ1n) is 10.4. The molecule has 4 nitrogen and oxygen atoms in total. The van der Waals surface area contributed by atoms with E-state index in [1.807, 2.05) is 60.7 Å². The number of ether oxygens (including phenoxy) is 1. The van der Waals surface area contributed by atoms with Crippen LogP contribution in [0.3, 0.4) is 0 Å². The molecule has 0 radical (unpaired) electrons. The molecule has 0 amide bonds. The van der Waals surface area contributed by atoms with E-state index in [0.29, 0.717) is 17.7 Å². The van der Waals surface area contributed by atoms with Gasteiger partial charge in [0.15, 0.2) is 0 Å². The van der Waals surface area contributed by atoms with Crippen molar-refractivity contribution < 1.29 is 14.6 Å². The van der Waals surface area contributed by atoms with Gasteiger partial charge in [-0.05, 0) is 35.3 Å². The van der Waals surface area contributed by atoms with Crippen molar-refractivity contribution in [3.8, 4) is 11.1 Å². The van der Waals surface area contributed by atoms with Crippen molar-refractivity contribution in [1.82, 2.24) is 4.90 Å². The fourth-order valence-electron chi connectivity index (χ4n) is 3.53. The van der Waals surface area contributed by atoms with Gasteiger partial charge in [-0.2, -0.15) is 0 Å². The molecule has 0 fully saturated rings. The zero-order valence-corrected chi connectivity index (χ0v) is 17.6. The Morgan fingerprint density at radius 2 is 1.30 bits per heavy atom. The number of hydrogen-bond acceptors (Lipinski definition) is 4. The Balaban J connectivity index is 1.88. The number of hydrogen-bond donors (Lipinski definition) is 1. The van der Waals surface area contributed by atoms with Crippen LogP contribution in [0.5, 0.6) is 0 Å². The molecule has 1 atom stereocenters. The smallest absolute Gasteiger partial charge is 0.347 e. The lowest BCUT2D eigenvalue weighted by atomic mass is 9.85. The maximum absolute atomic E-state index is 13.1.